The maximum Gasteiger partial charge on any atom is 0.416 e. The molecular formula is C7H4Cl2F3IO2S. The summed E-state index contributed by atoms with van der Waals surface area (Å²) < 4.78 is 54.8. The summed E-state index contributed by atoms with van der Waals surface area (Å²) in [5.74, 6) is 0. The standard InChI is InChI=1S/C7H4F3I.Cl2O2S/c8-7(9,10)5-2-1-3-6(11)4-5;1-5(2,3)4/h1-4H;. The first kappa shape index (κ1) is 16.3. The molecule has 0 bridgehead atoms. The SMILES string of the molecule is FC(F)(F)c1cccc(I)c1.O=S(=O)(Cl)Cl. The molecule has 0 aliphatic heterocycles. The van der Waals surface area contributed by atoms with E-state index in [-0.39, 0.29) is 0 Å². The third-order valence-corrected chi connectivity index (χ3v) is 1.82. The number of halogens is 6. The van der Waals surface area contributed by atoms with Crippen LogP contribution >= 0.6 is 44.0 Å². The van der Waals surface area contributed by atoms with Gasteiger partial charge in [0.25, 0.3) is 0 Å². The molecule has 0 aliphatic carbocycles. The minimum absolute atomic E-state index is 0.593. The number of hydrogen-bond donors (Lipinski definition) is 0. The van der Waals surface area contributed by atoms with Crippen LogP contribution < -0.4 is 0 Å². The molecule has 0 fully saturated rings. The normalized spacial score (nSPS) is 11.6. The Morgan fingerprint density at radius 1 is 1.19 bits per heavy atom. The molecule has 16 heavy (non-hydrogen) atoms. The van der Waals surface area contributed by atoms with Gasteiger partial charge < -0.3 is 0 Å². The second kappa shape index (κ2) is 6.27. The summed E-state index contributed by atoms with van der Waals surface area (Å²) >= 11 is 1.85. The Hall–Kier alpha value is 0.270. The van der Waals surface area contributed by atoms with Gasteiger partial charge in [0, 0.05) is 24.9 Å². The summed E-state index contributed by atoms with van der Waals surface area (Å²) in [5.41, 5.74) is -0.593. The van der Waals surface area contributed by atoms with Gasteiger partial charge in [-0.2, -0.15) is 21.6 Å². The van der Waals surface area contributed by atoms with E-state index in [4.69, 9.17) is 8.42 Å². The van der Waals surface area contributed by atoms with Gasteiger partial charge in [-0.05, 0) is 40.8 Å². The molecule has 9 heteroatoms. The predicted molar refractivity (Wildman–Crippen MR) is 64.8 cm³/mol. The fraction of sp³-hybridized carbons (Fsp3) is 0.143. The van der Waals surface area contributed by atoms with E-state index in [2.05, 4.69) is 21.4 Å². The Morgan fingerprint density at radius 2 is 1.62 bits per heavy atom. The van der Waals surface area contributed by atoms with Crippen LogP contribution in [0.2, 0.25) is 0 Å². The Kier molecular flexibility index (Phi) is 6.38. The molecule has 0 aromatic heterocycles. The van der Waals surface area contributed by atoms with Crippen molar-refractivity contribution in [1.82, 2.24) is 0 Å². The van der Waals surface area contributed by atoms with E-state index in [9.17, 15) is 13.2 Å². The van der Waals surface area contributed by atoms with Crippen molar-refractivity contribution in [3.05, 3.63) is 33.4 Å². The summed E-state index contributed by atoms with van der Waals surface area (Å²) in [6, 6.07) is 5.18. The first-order valence-corrected chi connectivity index (χ1v) is 7.68. The van der Waals surface area contributed by atoms with E-state index in [1.807, 2.05) is 22.6 Å². The first-order valence-electron chi connectivity index (χ1n) is 3.47. The summed E-state index contributed by atoms with van der Waals surface area (Å²) in [5, 5.41) is 0. The molecule has 1 aromatic rings. The quantitative estimate of drug-likeness (QED) is 0.481. The van der Waals surface area contributed by atoms with Gasteiger partial charge in [-0.3, -0.25) is 0 Å². The molecule has 0 saturated carbocycles. The molecule has 0 N–H and O–H groups in total. The lowest BCUT2D eigenvalue weighted by molar-refractivity contribution is -0.137. The highest BCUT2D eigenvalue weighted by molar-refractivity contribution is 14.1. The average molecular weight is 407 g/mol. The van der Waals surface area contributed by atoms with Crippen molar-refractivity contribution in [2.45, 2.75) is 6.18 Å². The highest BCUT2D eigenvalue weighted by Crippen LogP contribution is 2.29. The number of benzene rings is 1. The minimum Gasteiger partial charge on any atom is -0.195 e. The monoisotopic (exact) mass is 406 g/mol. The van der Waals surface area contributed by atoms with Crippen LogP contribution in [0, 0.1) is 3.57 Å². The van der Waals surface area contributed by atoms with Crippen molar-refractivity contribution in [1.29, 1.82) is 0 Å². The van der Waals surface area contributed by atoms with Gasteiger partial charge in [0.1, 0.15) is 0 Å². The van der Waals surface area contributed by atoms with Crippen molar-refractivity contribution in [3.63, 3.8) is 0 Å². The van der Waals surface area contributed by atoms with Gasteiger partial charge in [-0.25, -0.2) is 0 Å². The minimum atomic E-state index is -4.22. The fourth-order valence-corrected chi connectivity index (χ4v) is 1.21. The highest BCUT2D eigenvalue weighted by Gasteiger charge is 2.30. The number of hydrogen-bond acceptors (Lipinski definition) is 2. The zero-order valence-electron chi connectivity index (χ0n) is 7.30. The summed E-state index contributed by atoms with van der Waals surface area (Å²) in [6.45, 7) is 0. The van der Waals surface area contributed by atoms with E-state index < -0.39 is 20.0 Å². The van der Waals surface area contributed by atoms with E-state index in [1.165, 1.54) is 6.07 Å². The Morgan fingerprint density at radius 3 is 1.88 bits per heavy atom. The van der Waals surface area contributed by atoms with Gasteiger partial charge in [-0.15, -0.1) is 0 Å². The molecule has 2 nitrogen and oxygen atoms in total. The average Bonchev–Trinajstić information content (AvgIpc) is 1.99. The van der Waals surface area contributed by atoms with Gasteiger partial charge in [0.05, 0.1) is 5.56 Å². The number of rotatable bonds is 0. The third kappa shape index (κ3) is 9.49. The second-order valence-corrected chi connectivity index (χ2v) is 7.30. The van der Waals surface area contributed by atoms with Gasteiger partial charge in [0.2, 0.25) is 0 Å². The molecule has 0 unspecified atom stereocenters. The van der Waals surface area contributed by atoms with E-state index in [0.29, 0.717) is 3.57 Å². The third-order valence-electron chi connectivity index (χ3n) is 1.15. The maximum absolute atomic E-state index is 12.0. The lowest BCUT2D eigenvalue weighted by Gasteiger charge is -2.05. The molecule has 0 saturated heterocycles. The van der Waals surface area contributed by atoms with Crippen LogP contribution in [0.25, 0.3) is 0 Å². The summed E-state index contributed by atoms with van der Waals surface area (Å²) in [4.78, 5) is 0. The smallest absolute Gasteiger partial charge is 0.195 e. The molecule has 1 rings (SSSR count). The zero-order valence-corrected chi connectivity index (χ0v) is 11.8. The summed E-state index contributed by atoms with van der Waals surface area (Å²) in [7, 11) is 4.81. The van der Waals surface area contributed by atoms with Crippen LogP contribution in [-0.4, -0.2) is 8.42 Å². The molecule has 92 valence electrons. The Labute approximate surface area is 113 Å². The zero-order chi connectivity index (χ0) is 13.0. The van der Waals surface area contributed by atoms with Crippen molar-refractivity contribution in [3.8, 4) is 0 Å². The van der Waals surface area contributed by atoms with Crippen molar-refractivity contribution < 1.29 is 21.6 Å². The first-order chi connectivity index (χ1) is 7.00. The van der Waals surface area contributed by atoms with Gasteiger partial charge in [0.15, 0.2) is 0 Å². The highest BCUT2D eigenvalue weighted by atomic mass is 127. The van der Waals surface area contributed by atoms with Crippen molar-refractivity contribution >= 4 is 52.2 Å². The lowest BCUT2D eigenvalue weighted by Crippen LogP contribution is -2.04. The molecular weight excluding hydrogens is 403 g/mol. The van der Waals surface area contributed by atoms with E-state index in [0.717, 1.165) is 12.1 Å². The van der Waals surface area contributed by atoms with Gasteiger partial charge >= 0.3 is 14.4 Å². The maximum atomic E-state index is 12.0. The largest absolute Gasteiger partial charge is 0.416 e. The molecule has 0 aliphatic rings. The van der Waals surface area contributed by atoms with Gasteiger partial charge in [-0.1, -0.05) is 6.07 Å². The molecule has 0 spiro atoms. The van der Waals surface area contributed by atoms with E-state index >= 15 is 0 Å². The summed E-state index contributed by atoms with van der Waals surface area (Å²) in [6.07, 6.45) is -4.22. The molecule has 0 radical (unpaired) electrons. The van der Waals surface area contributed by atoms with Crippen LogP contribution in [0.15, 0.2) is 24.3 Å². The fourth-order valence-electron chi connectivity index (χ4n) is 0.665. The predicted octanol–water partition coefficient (Wildman–Crippen LogP) is 4.02. The van der Waals surface area contributed by atoms with Crippen LogP contribution in [0.1, 0.15) is 5.56 Å². The van der Waals surface area contributed by atoms with Crippen LogP contribution in [0.5, 0.6) is 0 Å². The van der Waals surface area contributed by atoms with E-state index in [1.54, 1.807) is 6.07 Å². The molecule has 0 amide bonds. The number of alkyl halides is 3. The molecule has 0 atom stereocenters. The van der Waals surface area contributed by atoms with Crippen LogP contribution in [0.4, 0.5) is 13.2 Å². The Balaban J connectivity index is 0.000000385. The van der Waals surface area contributed by atoms with Crippen molar-refractivity contribution in [2.24, 2.45) is 0 Å². The van der Waals surface area contributed by atoms with Crippen LogP contribution in [0.3, 0.4) is 0 Å². The molecule has 1 aromatic carbocycles. The second-order valence-electron chi connectivity index (χ2n) is 2.39. The molecule has 0 heterocycles. The van der Waals surface area contributed by atoms with Crippen LogP contribution in [-0.2, 0) is 14.4 Å². The lowest BCUT2D eigenvalue weighted by atomic mass is 10.2. The van der Waals surface area contributed by atoms with Crippen molar-refractivity contribution in [2.75, 3.05) is 0 Å². The topological polar surface area (TPSA) is 34.1 Å². The Bertz CT molecular complexity index is 439.